The Labute approximate surface area is 68.8 Å². The molecule has 1 nitrogen and oxygen atoms in total. The van der Waals surface area contributed by atoms with Gasteiger partial charge in [-0.15, -0.1) is 0 Å². The van der Waals surface area contributed by atoms with Crippen LogP contribution in [0.15, 0.2) is 0 Å². The molecule has 2 fully saturated rings. The summed E-state index contributed by atoms with van der Waals surface area (Å²) in [7, 11) is 0. The molecule has 0 amide bonds. The van der Waals surface area contributed by atoms with Crippen LogP contribution in [0.1, 0.15) is 33.6 Å². The second-order valence-corrected chi connectivity index (χ2v) is 5.05. The minimum atomic E-state index is 0.00574. The van der Waals surface area contributed by atoms with Crippen molar-refractivity contribution in [3.63, 3.8) is 0 Å². The summed E-state index contributed by atoms with van der Waals surface area (Å²) in [5.74, 6) is 2.21. The van der Waals surface area contributed by atoms with Gasteiger partial charge in [0.1, 0.15) is 0 Å². The molecular weight excluding hydrogens is 136 g/mol. The van der Waals surface area contributed by atoms with Gasteiger partial charge in [-0.3, -0.25) is 0 Å². The lowest BCUT2D eigenvalue weighted by atomic mass is 9.80. The first-order chi connectivity index (χ1) is 5.03. The summed E-state index contributed by atoms with van der Waals surface area (Å²) in [5, 5.41) is 9.67. The van der Waals surface area contributed by atoms with Crippen molar-refractivity contribution in [2.75, 3.05) is 0 Å². The van der Waals surface area contributed by atoms with Gasteiger partial charge in [-0.25, -0.2) is 0 Å². The second-order valence-electron chi connectivity index (χ2n) is 5.05. The monoisotopic (exact) mass is 154 g/mol. The van der Waals surface area contributed by atoms with Crippen molar-refractivity contribution < 1.29 is 5.11 Å². The molecule has 1 heteroatoms. The highest BCUT2D eigenvalue weighted by atomic mass is 16.3. The lowest BCUT2D eigenvalue weighted by Crippen LogP contribution is -2.22. The maximum atomic E-state index is 9.67. The van der Waals surface area contributed by atoms with Crippen molar-refractivity contribution >= 4 is 0 Å². The van der Waals surface area contributed by atoms with Crippen molar-refractivity contribution in [2.45, 2.75) is 39.7 Å². The van der Waals surface area contributed by atoms with E-state index in [0.717, 1.165) is 18.3 Å². The fourth-order valence-electron chi connectivity index (χ4n) is 3.49. The molecule has 0 heterocycles. The van der Waals surface area contributed by atoms with Gasteiger partial charge in [0.25, 0.3) is 0 Å². The predicted molar refractivity (Wildman–Crippen MR) is 45.2 cm³/mol. The van der Waals surface area contributed by atoms with Crippen LogP contribution in [0.4, 0.5) is 0 Å². The van der Waals surface area contributed by atoms with Gasteiger partial charge >= 0.3 is 0 Å². The third-order valence-corrected chi connectivity index (χ3v) is 4.18. The number of hydrogen-bond donors (Lipinski definition) is 1. The summed E-state index contributed by atoms with van der Waals surface area (Å²) in [5.41, 5.74) is 0.416. The van der Waals surface area contributed by atoms with E-state index in [1.807, 2.05) is 0 Å². The Bertz CT molecular complexity index is 156. The van der Waals surface area contributed by atoms with E-state index >= 15 is 0 Å². The van der Waals surface area contributed by atoms with Gasteiger partial charge in [0, 0.05) is 0 Å². The standard InChI is InChI=1S/C10H18O/c1-6-4-8-9(11)5-7(6)10(8,2)3/h6-9,11H,4-5H2,1-3H3. The highest BCUT2D eigenvalue weighted by molar-refractivity contribution is 5.05. The molecule has 0 spiro atoms. The molecule has 4 atom stereocenters. The molecule has 2 saturated carbocycles. The van der Waals surface area contributed by atoms with Crippen LogP contribution in [0.5, 0.6) is 0 Å². The van der Waals surface area contributed by atoms with Gasteiger partial charge in [0.15, 0.2) is 0 Å². The summed E-state index contributed by atoms with van der Waals surface area (Å²) < 4.78 is 0. The average molecular weight is 154 g/mol. The zero-order chi connectivity index (χ0) is 8.22. The zero-order valence-corrected chi connectivity index (χ0v) is 7.67. The molecule has 0 radical (unpaired) electrons. The van der Waals surface area contributed by atoms with Gasteiger partial charge in [0.05, 0.1) is 6.10 Å². The van der Waals surface area contributed by atoms with Crippen LogP contribution in [0.25, 0.3) is 0 Å². The quantitative estimate of drug-likeness (QED) is 0.566. The largest absolute Gasteiger partial charge is 0.393 e. The van der Waals surface area contributed by atoms with Crippen LogP contribution in [0.2, 0.25) is 0 Å². The molecule has 2 bridgehead atoms. The highest BCUT2D eigenvalue weighted by Crippen LogP contribution is 2.59. The molecule has 4 unspecified atom stereocenters. The molecule has 0 aromatic carbocycles. The number of aliphatic hydroxyl groups is 1. The first-order valence-corrected chi connectivity index (χ1v) is 4.71. The summed E-state index contributed by atoms with van der Waals surface area (Å²) >= 11 is 0. The van der Waals surface area contributed by atoms with Gasteiger partial charge in [-0.05, 0) is 36.0 Å². The van der Waals surface area contributed by atoms with Gasteiger partial charge < -0.3 is 5.11 Å². The maximum absolute atomic E-state index is 9.67. The summed E-state index contributed by atoms with van der Waals surface area (Å²) in [4.78, 5) is 0. The molecule has 2 rings (SSSR count). The van der Waals surface area contributed by atoms with Crippen molar-refractivity contribution in [1.29, 1.82) is 0 Å². The molecule has 64 valence electrons. The molecule has 11 heavy (non-hydrogen) atoms. The molecule has 2 aliphatic rings. The Balaban J connectivity index is 2.28. The molecule has 1 N–H and O–H groups in total. The van der Waals surface area contributed by atoms with E-state index in [1.54, 1.807) is 0 Å². The number of aliphatic hydroxyl groups excluding tert-OH is 1. The predicted octanol–water partition coefficient (Wildman–Crippen LogP) is 2.05. The summed E-state index contributed by atoms with van der Waals surface area (Å²) in [6.07, 6.45) is 2.31. The average Bonchev–Trinajstić information content (AvgIpc) is 2.21. The molecule has 2 aliphatic carbocycles. The zero-order valence-electron chi connectivity index (χ0n) is 7.67. The maximum Gasteiger partial charge on any atom is 0.0576 e. The summed E-state index contributed by atoms with van der Waals surface area (Å²) in [6.45, 7) is 6.97. The van der Waals surface area contributed by atoms with E-state index in [1.165, 1.54) is 6.42 Å². The van der Waals surface area contributed by atoms with E-state index in [0.29, 0.717) is 11.3 Å². The first kappa shape index (κ1) is 7.60. The number of fused-ring (bicyclic) bond motifs is 2. The molecule has 0 aromatic heterocycles. The van der Waals surface area contributed by atoms with Crippen molar-refractivity contribution in [2.24, 2.45) is 23.2 Å². The van der Waals surface area contributed by atoms with Crippen LogP contribution < -0.4 is 0 Å². The lowest BCUT2D eigenvalue weighted by molar-refractivity contribution is 0.0875. The lowest BCUT2D eigenvalue weighted by Gasteiger charge is -2.24. The third kappa shape index (κ3) is 0.807. The minimum Gasteiger partial charge on any atom is -0.393 e. The Kier molecular flexibility index (Phi) is 1.39. The van der Waals surface area contributed by atoms with Gasteiger partial charge in [0.2, 0.25) is 0 Å². The number of rotatable bonds is 0. The van der Waals surface area contributed by atoms with Crippen LogP contribution in [0, 0.1) is 23.2 Å². The highest BCUT2D eigenvalue weighted by Gasteiger charge is 2.55. The topological polar surface area (TPSA) is 20.2 Å². The fraction of sp³-hybridized carbons (Fsp3) is 1.00. The van der Waals surface area contributed by atoms with Crippen molar-refractivity contribution in [1.82, 2.24) is 0 Å². The van der Waals surface area contributed by atoms with E-state index in [4.69, 9.17) is 0 Å². The Morgan fingerprint density at radius 2 is 1.82 bits per heavy atom. The summed E-state index contributed by atoms with van der Waals surface area (Å²) in [6, 6.07) is 0. The Morgan fingerprint density at radius 1 is 1.18 bits per heavy atom. The Hall–Kier alpha value is -0.0400. The third-order valence-electron chi connectivity index (χ3n) is 4.18. The molecular formula is C10H18O. The van der Waals surface area contributed by atoms with Gasteiger partial charge in [-0.2, -0.15) is 0 Å². The normalized spacial score (nSPS) is 53.5. The van der Waals surface area contributed by atoms with Crippen LogP contribution in [0.3, 0.4) is 0 Å². The van der Waals surface area contributed by atoms with E-state index in [9.17, 15) is 5.11 Å². The van der Waals surface area contributed by atoms with E-state index in [-0.39, 0.29) is 6.10 Å². The van der Waals surface area contributed by atoms with Crippen LogP contribution in [-0.4, -0.2) is 11.2 Å². The molecule has 0 saturated heterocycles. The smallest absolute Gasteiger partial charge is 0.0576 e. The van der Waals surface area contributed by atoms with Gasteiger partial charge in [-0.1, -0.05) is 20.8 Å². The van der Waals surface area contributed by atoms with Crippen LogP contribution in [-0.2, 0) is 0 Å². The van der Waals surface area contributed by atoms with Crippen molar-refractivity contribution in [3.8, 4) is 0 Å². The first-order valence-electron chi connectivity index (χ1n) is 4.71. The minimum absolute atomic E-state index is 0.00574. The van der Waals surface area contributed by atoms with E-state index < -0.39 is 0 Å². The SMILES string of the molecule is CC1CC2C(O)CC1C2(C)C. The Morgan fingerprint density at radius 3 is 2.09 bits per heavy atom. The van der Waals surface area contributed by atoms with Crippen LogP contribution >= 0.6 is 0 Å². The van der Waals surface area contributed by atoms with E-state index in [2.05, 4.69) is 20.8 Å². The second kappa shape index (κ2) is 2.01. The fourth-order valence-corrected chi connectivity index (χ4v) is 3.49. The van der Waals surface area contributed by atoms with Crippen molar-refractivity contribution in [3.05, 3.63) is 0 Å². The number of hydrogen-bond acceptors (Lipinski definition) is 1. The molecule has 0 aliphatic heterocycles. The molecule has 0 aromatic rings.